The number of H-pyrrole nitrogens is 1. The fraction of sp³-hybridized carbons (Fsp3) is 0.316. The number of aromatic nitrogens is 2. The van der Waals surface area contributed by atoms with Crippen LogP contribution in [0, 0.1) is 0 Å². The molecule has 160 valence electrons. The highest BCUT2D eigenvalue weighted by atomic mass is 16.4. The number of hydrogen-bond donors (Lipinski definition) is 6. The molecule has 1 aromatic carbocycles. The van der Waals surface area contributed by atoms with Crippen LogP contribution in [0.4, 0.5) is 0 Å². The van der Waals surface area contributed by atoms with E-state index in [9.17, 15) is 24.3 Å². The summed E-state index contributed by atoms with van der Waals surface area (Å²) in [5.74, 6) is -3.69. The standard InChI is InChI=1S/C19H24N6O5/c20-13(6-11-4-2-1-3-5-11)17(27)24-14(7-12-9-22-10-23-12)18(28)25-15(19(29)30)8-16(21)26/h1-5,9-10,13-15H,6-8,20H2,(H2,21,26)(H,22,23)(H,24,27)(H,25,28)(H,29,30). The number of nitrogens with zero attached hydrogens (tertiary/aromatic N) is 1. The largest absolute Gasteiger partial charge is 0.480 e. The first-order chi connectivity index (χ1) is 14.3. The second kappa shape index (κ2) is 10.7. The minimum atomic E-state index is -1.52. The van der Waals surface area contributed by atoms with Crippen LogP contribution in [0.25, 0.3) is 0 Å². The van der Waals surface area contributed by atoms with Gasteiger partial charge < -0.3 is 32.2 Å². The average Bonchev–Trinajstić information content (AvgIpc) is 3.20. The number of nitrogens with two attached hydrogens (primary N) is 2. The Kier molecular flexibility index (Phi) is 8.06. The second-order valence-corrected chi connectivity index (χ2v) is 6.71. The Balaban J connectivity index is 2.09. The summed E-state index contributed by atoms with van der Waals surface area (Å²) >= 11 is 0. The lowest BCUT2D eigenvalue weighted by molar-refractivity contribution is -0.143. The van der Waals surface area contributed by atoms with E-state index in [1.165, 1.54) is 12.5 Å². The van der Waals surface area contributed by atoms with Crippen LogP contribution in [-0.2, 0) is 32.0 Å². The maximum atomic E-state index is 12.7. The number of hydrogen-bond acceptors (Lipinski definition) is 6. The zero-order valence-corrected chi connectivity index (χ0v) is 16.1. The zero-order valence-electron chi connectivity index (χ0n) is 16.1. The Morgan fingerprint density at radius 1 is 1.03 bits per heavy atom. The molecule has 8 N–H and O–H groups in total. The summed E-state index contributed by atoms with van der Waals surface area (Å²) < 4.78 is 0. The third-order valence-electron chi connectivity index (χ3n) is 4.27. The quantitative estimate of drug-likeness (QED) is 0.255. The molecule has 11 nitrogen and oxygen atoms in total. The number of carbonyl (C=O) groups is 4. The third kappa shape index (κ3) is 7.02. The normalized spacial score (nSPS) is 13.6. The van der Waals surface area contributed by atoms with E-state index in [0.29, 0.717) is 5.69 Å². The molecule has 0 bridgehead atoms. The second-order valence-electron chi connectivity index (χ2n) is 6.71. The van der Waals surface area contributed by atoms with E-state index >= 15 is 0 Å². The molecule has 30 heavy (non-hydrogen) atoms. The van der Waals surface area contributed by atoms with E-state index in [4.69, 9.17) is 11.5 Å². The molecular weight excluding hydrogens is 392 g/mol. The number of nitrogens with one attached hydrogen (secondary N) is 3. The molecular formula is C19H24N6O5. The molecule has 0 aliphatic heterocycles. The van der Waals surface area contributed by atoms with Crippen LogP contribution in [0.15, 0.2) is 42.9 Å². The number of carboxylic acid groups (broad SMARTS) is 1. The molecule has 3 unspecified atom stereocenters. The highest BCUT2D eigenvalue weighted by molar-refractivity contribution is 5.93. The average molecular weight is 416 g/mol. The number of rotatable bonds is 11. The van der Waals surface area contributed by atoms with E-state index in [2.05, 4.69) is 20.6 Å². The molecule has 0 saturated carbocycles. The molecule has 1 aromatic heterocycles. The summed E-state index contributed by atoms with van der Waals surface area (Å²) in [6.45, 7) is 0. The van der Waals surface area contributed by atoms with Gasteiger partial charge in [-0.15, -0.1) is 0 Å². The van der Waals surface area contributed by atoms with Crippen LogP contribution in [-0.4, -0.2) is 56.9 Å². The van der Waals surface area contributed by atoms with Crippen LogP contribution in [0.3, 0.4) is 0 Å². The van der Waals surface area contributed by atoms with Gasteiger partial charge in [0.1, 0.15) is 12.1 Å². The van der Waals surface area contributed by atoms with Gasteiger partial charge in [0.05, 0.1) is 18.8 Å². The maximum Gasteiger partial charge on any atom is 0.326 e. The first-order valence-electron chi connectivity index (χ1n) is 9.15. The lowest BCUT2D eigenvalue weighted by atomic mass is 10.0. The topological polar surface area (TPSA) is 193 Å². The van der Waals surface area contributed by atoms with Crippen molar-refractivity contribution < 1.29 is 24.3 Å². The number of benzene rings is 1. The molecule has 2 aromatic rings. The molecule has 11 heteroatoms. The van der Waals surface area contributed by atoms with Gasteiger partial charge in [0.2, 0.25) is 17.7 Å². The molecule has 1 heterocycles. The molecule has 3 atom stereocenters. The van der Waals surface area contributed by atoms with E-state index < -0.39 is 48.2 Å². The van der Waals surface area contributed by atoms with Crippen LogP contribution in [0.2, 0.25) is 0 Å². The van der Waals surface area contributed by atoms with Crippen molar-refractivity contribution in [1.29, 1.82) is 0 Å². The van der Waals surface area contributed by atoms with E-state index in [-0.39, 0.29) is 12.8 Å². The molecule has 0 aliphatic rings. The number of aliphatic carboxylic acids is 1. The molecule has 0 saturated heterocycles. The maximum absolute atomic E-state index is 12.7. The Morgan fingerprint density at radius 2 is 1.70 bits per heavy atom. The van der Waals surface area contributed by atoms with Gasteiger partial charge in [0.15, 0.2) is 0 Å². The van der Waals surface area contributed by atoms with E-state index in [1.807, 2.05) is 30.3 Å². The van der Waals surface area contributed by atoms with Crippen LogP contribution in [0.5, 0.6) is 0 Å². The van der Waals surface area contributed by atoms with Gasteiger partial charge in [-0.1, -0.05) is 30.3 Å². The minimum Gasteiger partial charge on any atom is -0.480 e. The summed E-state index contributed by atoms with van der Waals surface area (Å²) in [6, 6.07) is 5.53. The number of primary amides is 1. The summed E-state index contributed by atoms with van der Waals surface area (Å²) in [6.07, 6.45) is 2.55. The Labute approximate surface area is 172 Å². The summed E-state index contributed by atoms with van der Waals surface area (Å²) in [5.41, 5.74) is 12.4. The first-order valence-corrected chi connectivity index (χ1v) is 9.15. The van der Waals surface area contributed by atoms with Gasteiger partial charge in [-0.3, -0.25) is 14.4 Å². The van der Waals surface area contributed by atoms with E-state index in [0.717, 1.165) is 5.56 Å². The summed E-state index contributed by atoms with van der Waals surface area (Å²) in [4.78, 5) is 54.3. The van der Waals surface area contributed by atoms with Crippen molar-refractivity contribution in [1.82, 2.24) is 20.6 Å². The fourth-order valence-corrected chi connectivity index (χ4v) is 2.74. The Bertz CT molecular complexity index is 871. The minimum absolute atomic E-state index is 0.0124. The van der Waals surface area contributed by atoms with Crippen molar-refractivity contribution in [3.05, 3.63) is 54.1 Å². The van der Waals surface area contributed by atoms with Crippen molar-refractivity contribution >= 4 is 23.7 Å². The van der Waals surface area contributed by atoms with Crippen LogP contribution < -0.4 is 22.1 Å². The SMILES string of the molecule is NC(=O)CC(NC(=O)C(Cc1cnc[nH]1)NC(=O)C(N)Cc1ccccc1)C(=O)O. The third-order valence-corrected chi connectivity index (χ3v) is 4.27. The van der Waals surface area contributed by atoms with Gasteiger partial charge in [-0.2, -0.15) is 0 Å². The number of imidazole rings is 1. The van der Waals surface area contributed by atoms with Crippen molar-refractivity contribution in [2.24, 2.45) is 11.5 Å². The van der Waals surface area contributed by atoms with Crippen LogP contribution >= 0.6 is 0 Å². The molecule has 3 amide bonds. The monoisotopic (exact) mass is 416 g/mol. The van der Waals surface area contributed by atoms with Gasteiger partial charge in [-0.05, 0) is 12.0 Å². The highest BCUT2D eigenvalue weighted by Gasteiger charge is 2.29. The molecule has 0 fully saturated rings. The fourth-order valence-electron chi connectivity index (χ4n) is 2.74. The molecule has 0 aliphatic carbocycles. The van der Waals surface area contributed by atoms with Crippen LogP contribution in [0.1, 0.15) is 17.7 Å². The van der Waals surface area contributed by atoms with Crippen molar-refractivity contribution in [2.45, 2.75) is 37.4 Å². The van der Waals surface area contributed by atoms with Crippen molar-refractivity contribution in [3.63, 3.8) is 0 Å². The smallest absolute Gasteiger partial charge is 0.326 e. The summed E-state index contributed by atoms with van der Waals surface area (Å²) in [5, 5.41) is 14.0. The number of carbonyl (C=O) groups excluding carboxylic acids is 3. The van der Waals surface area contributed by atoms with Gasteiger partial charge in [0.25, 0.3) is 0 Å². The summed E-state index contributed by atoms with van der Waals surface area (Å²) in [7, 11) is 0. The predicted molar refractivity (Wildman–Crippen MR) is 106 cm³/mol. The zero-order chi connectivity index (χ0) is 22.1. The lowest BCUT2D eigenvalue weighted by Crippen LogP contribution is -2.56. The van der Waals surface area contributed by atoms with Crippen molar-refractivity contribution in [3.8, 4) is 0 Å². The highest BCUT2D eigenvalue weighted by Crippen LogP contribution is 2.05. The number of aromatic amines is 1. The number of amides is 3. The Hall–Kier alpha value is -3.73. The van der Waals surface area contributed by atoms with E-state index in [1.54, 1.807) is 0 Å². The Morgan fingerprint density at radius 3 is 2.27 bits per heavy atom. The predicted octanol–water partition coefficient (Wildman–Crippen LogP) is -1.55. The lowest BCUT2D eigenvalue weighted by Gasteiger charge is -2.22. The van der Waals surface area contributed by atoms with Crippen molar-refractivity contribution in [2.75, 3.05) is 0 Å². The number of carboxylic acids is 1. The molecule has 0 spiro atoms. The van der Waals surface area contributed by atoms with Gasteiger partial charge in [0, 0.05) is 18.3 Å². The van der Waals surface area contributed by atoms with Gasteiger partial charge in [-0.25, -0.2) is 9.78 Å². The van der Waals surface area contributed by atoms with Gasteiger partial charge >= 0.3 is 5.97 Å². The first kappa shape index (κ1) is 22.6. The molecule has 2 rings (SSSR count). The molecule has 0 radical (unpaired) electrons.